The third-order valence-electron chi connectivity index (χ3n) is 4.40. The minimum absolute atomic E-state index is 0.520. The highest BCUT2D eigenvalue weighted by Crippen LogP contribution is 2.40. The van der Waals surface area contributed by atoms with Crippen LogP contribution >= 0.6 is 11.9 Å². The first-order chi connectivity index (χ1) is 11.6. The molecule has 1 aliphatic heterocycles. The van der Waals surface area contributed by atoms with Crippen LogP contribution in [0, 0.1) is 13.8 Å². The summed E-state index contributed by atoms with van der Waals surface area (Å²) in [6, 6.07) is 11.2. The molecule has 1 aliphatic rings. The van der Waals surface area contributed by atoms with Crippen molar-refractivity contribution in [3.8, 4) is 0 Å². The maximum atomic E-state index is 4.29. The smallest absolute Gasteiger partial charge is 0.0626 e. The molecule has 3 rings (SSSR count). The summed E-state index contributed by atoms with van der Waals surface area (Å²) in [5, 5.41) is 11.0. The average Bonchev–Trinajstić information content (AvgIpc) is 3.14. The number of hydrogen-bond acceptors (Lipinski definition) is 4. The first-order valence-corrected chi connectivity index (χ1v) is 9.31. The van der Waals surface area contributed by atoms with E-state index in [1.54, 1.807) is 0 Å². The quantitative estimate of drug-likeness (QED) is 0.782. The average molecular weight is 343 g/mol. The van der Waals surface area contributed by atoms with Gasteiger partial charge in [0, 0.05) is 24.0 Å². The molecule has 4 nitrogen and oxygen atoms in total. The zero-order valence-corrected chi connectivity index (χ0v) is 15.7. The van der Waals surface area contributed by atoms with Crippen LogP contribution in [-0.2, 0) is 6.42 Å². The van der Waals surface area contributed by atoms with Crippen molar-refractivity contribution in [2.75, 3.05) is 13.1 Å². The fraction of sp³-hybridized carbons (Fsp3) is 0.421. The molecule has 1 aromatic carbocycles. The zero-order valence-electron chi connectivity index (χ0n) is 14.9. The number of aromatic nitrogens is 2. The van der Waals surface area contributed by atoms with Gasteiger partial charge in [0.05, 0.1) is 17.1 Å². The van der Waals surface area contributed by atoms with Gasteiger partial charge in [-0.05, 0) is 57.2 Å². The van der Waals surface area contributed by atoms with Crippen LogP contribution in [-0.4, -0.2) is 33.6 Å². The first-order valence-electron chi connectivity index (χ1n) is 8.53. The lowest BCUT2D eigenvalue weighted by Crippen LogP contribution is -2.27. The Morgan fingerprint density at radius 3 is 2.62 bits per heavy atom. The third kappa shape index (κ3) is 3.68. The Labute approximate surface area is 148 Å². The van der Waals surface area contributed by atoms with Crippen molar-refractivity contribution in [2.24, 2.45) is 0 Å². The zero-order chi connectivity index (χ0) is 17.1. The van der Waals surface area contributed by atoms with Crippen LogP contribution in [0.4, 0.5) is 0 Å². The van der Waals surface area contributed by atoms with Crippen LogP contribution in [0.25, 0.3) is 4.91 Å². The van der Waals surface area contributed by atoms with E-state index in [9.17, 15) is 0 Å². The molecule has 128 valence electrons. The number of aromatic amines is 1. The van der Waals surface area contributed by atoms with Gasteiger partial charge in [0.25, 0.3) is 0 Å². The largest absolute Gasteiger partial charge is 0.386 e. The predicted molar refractivity (Wildman–Crippen MR) is 103 cm³/mol. The maximum absolute atomic E-state index is 4.29. The van der Waals surface area contributed by atoms with Gasteiger partial charge in [0.2, 0.25) is 0 Å². The van der Waals surface area contributed by atoms with E-state index in [1.165, 1.54) is 27.4 Å². The topological polar surface area (TPSA) is 44.0 Å². The van der Waals surface area contributed by atoms with Crippen molar-refractivity contribution >= 4 is 16.9 Å². The van der Waals surface area contributed by atoms with Crippen molar-refractivity contribution in [2.45, 2.75) is 40.2 Å². The molecule has 0 radical (unpaired) electrons. The van der Waals surface area contributed by atoms with Crippen LogP contribution in [0.3, 0.4) is 0 Å². The standard InChI is InChI=1S/C19H26N4S/c1-13(2)23-12-18(19(24-23)16-8-6-5-7-9-16)20-11-10-17-14(3)21-22-15(17)4/h5-9,13,20H,10-12H2,1-4H3,(H,21,22). The molecule has 0 bridgehead atoms. The Morgan fingerprint density at radius 1 is 1.25 bits per heavy atom. The number of benzene rings is 1. The second-order valence-electron chi connectivity index (χ2n) is 6.52. The highest BCUT2D eigenvalue weighted by atomic mass is 32.2. The summed E-state index contributed by atoms with van der Waals surface area (Å²) in [5.41, 5.74) is 6.24. The van der Waals surface area contributed by atoms with Gasteiger partial charge in [-0.3, -0.25) is 5.10 Å². The first kappa shape index (κ1) is 17.1. The van der Waals surface area contributed by atoms with Gasteiger partial charge in [-0.15, -0.1) is 0 Å². The fourth-order valence-electron chi connectivity index (χ4n) is 2.95. The number of H-pyrrole nitrogens is 1. The van der Waals surface area contributed by atoms with E-state index in [-0.39, 0.29) is 0 Å². The van der Waals surface area contributed by atoms with Crippen LogP contribution in [0.1, 0.15) is 36.4 Å². The van der Waals surface area contributed by atoms with E-state index in [0.717, 1.165) is 25.2 Å². The summed E-state index contributed by atoms with van der Waals surface area (Å²) in [7, 11) is 0. The summed E-state index contributed by atoms with van der Waals surface area (Å²) in [4.78, 5) is 1.35. The molecule has 0 saturated heterocycles. The molecule has 0 spiro atoms. The molecule has 2 aromatic rings. The van der Waals surface area contributed by atoms with Crippen molar-refractivity contribution in [3.05, 3.63) is 58.5 Å². The summed E-state index contributed by atoms with van der Waals surface area (Å²) < 4.78 is 2.43. The van der Waals surface area contributed by atoms with Crippen molar-refractivity contribution in [3.63, 3.8) is 0 Å². The normalized spacial score (nSPS) is 15.5. The van der Waals surface area contributed by atoms with Crippen LogP contribution in [0.5, 0.6) is 0 Å². The molecule has 0 atom stereocenters. The van der Waals surface area contributed by atoms with Crippen LogP contribution in [0.2, 0.25) is 0 Å². The number of nitrogens with zero attached hydrogens (tertiary/aromatic N) is 2. The van der Waals surface area contributed by atoms with Gasteiger partial charge in [-0.1, -0.05) is 30.3 Å². The van der Waals surface area contributed by atoms with Crippen molar-refractivity contribution in [1.82, 2.24) is 19.8 Å². The Kier molecular flexibility index (Phi) is 5.31. The number of rotatable bonds is 6. The van der Waals surface area contributed by atoms with E-state index in [2.05, 4.69) is 77.8 Å². The molecule has 0 amide bonds. The van der Waals surface area contributed by atoms with Crippen LogP contribution < -0.4 is 5.32 Å². The second-order valence-corrected chi connectivity index (χ2v) is 7.58. The number of aryl methyl sites for hydroxylation is 2. The molecule has 0 unspecified atom stereocenters. The highest BCUT2D eigenvalue weighted by molar-refractivity contribution is 8.06. The van der Waals surface area contributed by atoms with Gasteiger partial charge < -0.3 is 5.32 Å². The van der Waals surface area contributed by atoms with E-state index in [1.807, 2.05) is 11.9 Å². The number of nitrogens with one attached hydrogen (secondary N) is 2. The fourth-order valence-corrected chi connectivity index (χ4v) is 4.08. The lowest BCUT2D eigenvalue weighted by molar-refractivity contribution is 0.425. The van der Waals surface area contributed by atoms with Gasteiger partial charge in [0.1, 0.15) is 0 Å². The van der Waals surface area contributed by atoms with E-state index >= 15 is 0 Å². The summed E-state index contributed by atoms with van der Waals surface area (Å²) >= 11 is 1.87. The Hall–Kier alpha value is -1.72. The monoisotopic (exact) mass is 342 g/mol. The minimum atomic E-state index is 0.520. The molecule has 0 saturated carbocycles. The summed E-state index contributed by atoms with van der Waals surface area (Å²) in [5.74, 6) is 0. The molecule has 0 aliphatic carbocycles. The highest BCUT2D eigenvalue weighted by Gasteiger charge is 2.25. The lowest BCUT2D eigenvalue weighted by Gasteiger charge is -2.19. The minimum Gasteiger partial charge on any atom is -0.386 e. The molecule has 24 heavy (non-hydrogen) atoms. The maximum Gasteiger partial charge on any atom is 0.0626 e. The molecule has 2 N–H and O–H groups in total. The molecule has 0 fully saturated rings. The molecule has 2 heterocycles. The lowest BCUT2D eigenvalue weighted by atomic mass is 10.1. The van der Waals surface area contributed by atoms with Crippen LogP contribution in [0.15, 0.2) is 36.0 Å². The number of hydrogen-bond donors (Lipinski definition) is 2. The third-order valence-corrected chi connectivity index (χ3v) is 5.85. The van der Waals surface area contributed by atoms with E-state index in [0.29, 0.717) is 6.04 Å². The van der Waals surface area contributed by atoms with Gasteiger partial charge in [-0.2, -0.15) is 5.10 Å². The van der Waals surface area contributed by atoms with Crippen molar-refractivity contribution < 1.29 is 0 Å². The second kappa shape index (κ2) is 7.45. The predicted octanol–water partition coefficient (Wildman–Crippen LogP) is 3.90. The molecular weight excluding hydrogens is 316 g/mol. The summed E-state index contributed by atoms with van der Waals surface area (Å²) in [6.07, 6.45) is 0.992. The van der Waals surface area contributed by atoms with Crippen molar-refractivity contribution in [1.29, 1.82) is 0 Å². The van der Waals surface area contributed by atoms with E-state index in [4.69, 9.17) is 0 Å². The Morgan fingerprint density at radius 2 is 2.00 bits per heavy atom. The Balaban J connectivity index is 1.72. The van der Waals surface area contributed by atoms with Gasteiger partial charge >= 0.3 is 0 Å². The SMILES string of the molecule is Cc1n[nH]c(C)c1CCNC1=C(c2ccccc2)SN(C(C)C)C1. The van der Waals surface area contributed by atoms with Gasteiger partial charge in [0.15, 0.2) is 0 Å². The van der Waals surface area contributed by atoms with Gasteiger partial charge in [-0.25, -0.2) is 4.31 Å². The summed E-state index contributed by atoms with van der Waals surface area (Å²) in [6.45, 7) is 10.6. The molecule has 5 heteroatoms. The molecule has 1 aromatic heterocycles. The molecular formula is C19H26N4S. The van der Waals surface area contributed by atoms with E-state index < -0.39 is 0 Å². The Bertz CT molecular complexity index is 699.